The summed E-state index contributed by atoms with van der Waals surface area (Å²) in [5, 5.41) is 11.9. The number of aryl methyl sites for hydroxylation is 1. The van der Waals surface area contributed by atoms with Crippen LogP contribution in [-0.4, -0.2) is 21.1 Å². The number of carbonyl (C=O) groups excluding carboxylic acids is 1. The number of nitrogens with one attached hydrogen (secondary N) is 1. The van der Waals surface area contributed by atoms with E-state index in [1.165, 1.54) is 17.5 Å². The van der Waals surface area contributed by atoms with Crippen LogP contribution in [0.2, 0.25) is 0 Å². The Bertz CT molecular complexity index is 537. The van der Waals surface area contributed by atoms with Crippen LogP contribution in [-0.2, 0) is 17.6 Å². The smallest absolute Gasteiger partial charge is 0.232 e. The Balaban J connectivity index is 1.94. The third-order valence-electron chi connectivity index (χ3n) is 2.20. The maximum absolute atomic E-state index is 11.7. The van der Waals surface area contributed by atoms with E-state index in [9.17, 15) is 4.79 Å². The maximum Gasteiger partial charge on any atom is 0.232 e. The van der Waals surface area contributed by atoms with Crippen LogP contribution in [0.4, 0.5) is 10.8 Å². The van der Waals surface area contributed by atoms with Crippen molar-refractivity contribution in [2.45, 2.75) is 19.8 Å². The molecule has 0 fully saturated rings. The van der Waals surface area contributed by atoms with Crippen molar-refractivity contribution in [3.8, 4) is 0 Å². The summed E-state index contributed by atoms with van der Waals surface area (Å²) >= 11 is 1.38. The Morgan fingerprint density at radius 1 is 1.44 bits per heavy atom. The molecule has 2 rings (SSSR count). The molecule has 0 saturated carbocycles. The first-order valence-corrected chi connectivity index (χ1v) is 6.31. The van der Waals surface area contributed by atoms with Gasteiger partial charge in [0.15, 0.2) is 0 Å². The van der Waals surface area contributed by atoms with E-state index >= 15 is 0 Å². The molecule has 0 aromatic carbocycles. The first-order chi connectivity index (χ1) is 8.67. The molecule has 18 heavy (non-hydrogen) atoms. The number of nitrogen functional groups attached to an aromatic ring is 1. The van der Waals surface area contributed by atoms with Crippen molar-refractivity contribution in [3.05, 3.63) is 29.0 Å². The number of hydrogen-bond donors (Lipinski definition) is 2. The highest BCUT2D eigenvalue weighted by Crippen LogP contribution is 2.15. The van der Waals surface area contributed by atoms with Gasteiger partial charge in [-0.3, -0.25) is 9.78 Å². The number of pyridine rings is 1. The fourth-order valence-electron chi connectivity index (χ4n) is 1.32. The lowest BCUT2D eigenvalue weighted by Gasteiger charge is -2.01. The quantitative estimate of drug-likeness (QED) is 0.866. The fourth-order valence-corrected chi connectivity index (χ4v) is 2.01. The molecule has 2 heterocycles. The summed E-state index contributed by atoms with van der Waals surface area (Å²) in [5.41, 5.74) is 6.77. The molecule has 0 radical (unpaired) electrons. The van der Waals surface area contributed by atoms with Gasteiger partial charge in [0.05, 0.1) is 18.3 Å². The lowest BCUT2D eigenvalue weighted by atomic mass is 10.2. The summed E-state index contributed by atoms with van der Waals surface area (Å²) in [6, 6.07) is 3.45. The van der Waals surface area contributed by atoms with Gasteiger partial charge in [-0.25, -0.2) is 0 Å². The van der Waals surface area contributed by atoms with Crippen molar-refractivity contribution in [1.29, 1.82) is 0 Å². The predicted molar refractivity (Wildman–Crippen MR) is 70.3 cm³/mol. The van der Waals surface area contributed by atoms with Gasteiger partial charge in [0.1, 0.15) is 5.01 Å². The summed E-state index contributed by atoms with van der Waals surface area (Å²) in [5.74, 6) is -0.161. The van der Waals surface area contributed by atoms with Crippen LogP contribution in [0.1, 0.15) is 17.6 Å². The van der Waals surface area contributed by atoms with Gasteiger partial charge in [-0.1, -0.05) is 18.3 Å². The SMILES string of the molecule is CCc1nnc(NC(=O)Cc2ccc(N)cn2)s1. The summed E-state index contributed by atoms with van der Waals surface area (Å²) in [7, 11) is 0. The molecule has 3 N–H and O–H groups in total. The third-order valence-corrected chi connectivity index (χ3v) is 3.19. The number of anilines is 2. The minimum absolute atomic E-state index is 0.161. The Labute approximate surface area is 108 Å². The third kappa shape index (κ3) is 3.24. The maximum atomic E-state index is 11.7. The first kappa shape index (κ1) is 12.4. The van der Waals surface area contributed by atoms with E-state index in [4.69, 9.17) is 5.73 Å². The van der Waals surface area contributed by atoms with Gasteiger partial charge in [0.25, 0.3) is 0 Å². The van der Waals surface area contributed by atoms with Crippen LogP contribution < -0.4 is 11.1 Å². The largest absolute Gasteiger partial charge is 0.397 e. The number of amides is 1. The van der Waals surface area contributed by atoms with E-state index in [1.54, 1.807) is 12.1 Å². The van der Waals surface area contributed by atoms with Gasteiger partial charge in [0.2, 0.25) is 11.0 Å². The monoisotopic (exact) mass is 263 g/mol. The first-order valence-electron chi connectivity index (χ1n) is 5.50. The highest BCUT2D eigenvalue weighted by molar-refractivity contribution is 7.15. The van der Waals surface area contributed by atoms with Crippen molar-refractivity contribution < 1.29 is 4.79 Å². The lowest BCUT2D eigenvalue weighted by Crippen LogP contribution is -2.15. The Morgan fingerprint density at radius 2 is 2.28 bits per heavy atom. The van der Waals surface area contributed by atoms with E-state index in [-0.39, 0.29) is 12.3 Å². The molecule has 6 nitrogen and oxygen atoms in total. The van der Waals surface area contributed by atoms with Crippen molar-refractivity contribution in [2.75, 3.05) is 11.1 Å². The van der Waals surface area contributed by atoms with Crippen LogP contribution in [0.15, 0.2) is 18.3 Å². The highest BCUT2D eigenvalue weighted by atomic mass is 32.1. The highest BCUT2D eigenvalue weighted by Gasteiger charge is 2.08. The summed E-state index contributed by atoms with van der Waals surface area (Å²) in [6.07, 6.45) is 2.54. The second-order valence-corrected chi connectivity index (χ2v) is 4.72. The molecule has 0 unspecified atom stereocenters. The molecule has 0 aliphatic carbocycles. The van der Waals surface area contributed by atoms with E-state index in [0.717, 1.165) is 11.4 Å². The van der Waals surface area contributed by atoms with Crippen LogP contribution in [0.25, 0.3) is 0 Å². The number of hydrogen-bond acceptors (Lipinski definition) is 6. The van der Waals surface area contributed by atoms with E-state index in [0.29, 0.717) is 16.5 Å². The zero-order valence-electron chi connectivity index (χ0n) is 9.88. The molecule has 94 valence electrons. The van der Waals surface area contributed by atoms with Crippen LogP contribution in [0.3, 0.4) is 0 Å². The summed E-state index contributed by atoms with van der Waals surface area (Å²) in [6.45, 7) is 1.99. The number of nitrogens with zero attached hydrogens (tertiary/aromatic N) is 3. The van der Waals surface area contributed by atoms with E-state index in [1.807, 2.05) is 6.92 Å². The molecule has 0 saturated heterocycles. The summed E-state index contributed by atoms with van der Waals surface area (Å²) in [4.78, 5) is 15.8. The molecule has 0 atom stereocenters. The summed E-state index contributed by atoms with van der Waals surface area (Å²) < 4.78 is 0. The Kier molecular flexibility index (Phi) is 3.83. The zero-order chi connectivity index (χ0) is 13.0. The van der Waals surface area contributed by atoms with Crippen molar-refractivity contribution in [1.82, 2.24) is 15.2 Å². The lowest BCUT2D eigenvalue weighted by molar-refractivity contribution is -0.115. The molecule has 1 amide bonds. The molecule has 7 heteroatoms. The molecular weight excluding hydrogens is 250 g/mol. The van der Waals surface area contributed by atoms with Crippen LogP contribution >= 0.6 is 11.3 Å². The molecular formula is C11H13N5OS. The van der Waals surface area contributed by atoms with Gasteiger partial charge in [-0.15, -0.1) is 10.2 Å². The van der Waals surface area contributed by atoms with Gasteiger partial charge in [-0.05, 0) is 18.6 Å². The number of nitrogens with two attached hydrogens (primary N) is 1. The second kappa shape index (κ2) is 5.54. The number of rotatable bonds is 4. The van der Waals surface area contributed by atoms with Crippen LogP contribution in [0, 0.1) is 0 Å². The second-order valence-electron chi connectivity index (χ2n) is 3.66. The Hall–Kier alpha value is -2.02. The molecule has 0 aliphatic rings. The average Bonchev–Trinajstić information content (AvgIpc) is 2.79. The number of aromatic nitrogens is 3. The topological polar surface area (TPSA) is 93.8 Å². The van der Waals surface area contributed by atoms with Gasteiger partial charge < -0.3 is 11.1 Å². The minimum Gasteiger partial charge on any atom is -0.397 e. The zero-order valence-corrected chi connectivity index (χ0v) is 10.7. The van der Waals surface area contributed by atoms with Gasteiger partial charge >= 0.3 is 0 Å². The normalized spacial score (nSPS) is 10.3. The minimum atomic E-state index is -0.161. The average molecular weight is 263 g/mol. The van der Waals surface area contributed by atoms with Gasteiger partial charge in [0, 0.05) is 5.69 Å². The molecule has 0 aliphatic heterocycles. The fraction of sp³-hybridized carbons (Fsp3) is 0.273. The number of carbonyl (C=O) groups is 1. The standard InChI is InChI=1S/C11H13N5OS/c1-2-10-15-16-11(18-10)14-9(17)5-8-4-3-7(12)6-13-8/h3-4,6H,2,5,12H2,1H3,(H,14,16,17). The van der Waals surface area contributed by atoms with Crippen molar-refractivity contribution in [2.24, 2.45) is 0 Å². The van der Waals surface area contributed by atoms with Crippen molar-refractivity contribution >= 4 is 28.1 Å². The molecule has 2 aromatic heterocycles. The van der Waals surface area contributed by atoms with Gasteiger partial charge in [-0.2, -0.15) is 0 Å². The Morgan fingerprint density at radius 3 is 2.89 bits per heavy atom. The van der Waals surface area contributed by atoms with E-state index in [2.05, 4.69) is 20.5 Å². The van der Waals surface area contributed by atoms with Crippen molar-refractivity contribution in [3.63, 3.8) is 0 Å². The molecule has 0 spiro atoms. The van der Waals surface area contributed by atoms with E-state index < -0.39 is 0 Å². The molecule has 2 aromatic rings. The predicted octanol–water partition coefficient (Wildman–Crippen LogP) is 1.26. The molecule has 0 bridgehead atoms. The van der Waals surface area contributed by atoms with Crippen LogP contribution in [0.5, 0.6) is 0 Å².